The minimum atomic E-state index is -0.144. The topological polar surface area (TPSA) is 40.5 Å². The van der Waals surface area contributed by atoms with E-state index in [1.54, 1.807) is 0 Å². The molecule has 0 aromatic carbocycles. The Morgan fingerprint density at radius 3 is 2.52 bits per heavy atom. The molecule has 2 nitrogen and oxygen atoms in total. The maximum Gasteiger partial charge on any atom is 0.136 e. The second-order valence-corrected chi connectivity index (χ2v) is 8.85. The molecule has 0 amide bonds. The van der Waals surface area contributed by atoms with E-state index in [0.717, 1.165) is 18.3 Å². The number of hydrogen-bond donors (Lipinski definition) is 2. The molecule has 0 heterocycles. The van der Waals surface area contributed by atoms with E-state index < -0.39 is 0 Å². The van der Waals surface area contributed by atoms with Crippen molar-refractivity contribution in [2.75, 3.05) is 0 Å². The van der Waals surface area contributed by atoms with Crippen molar-refractivity contribution in [3.05, 3.63) is 11.5 Å². The van der Waals surface area contributed by atoms with Gasteiger partial charge in [0, 0.05) is 11.8 Å². The van der Waals surface area contributed by atoms with Gasteiger partial charge in [0.05, 0.1) is 0 Å². The summed E-state index contributed by atoms with van der Waals surface area (Å²) >= 11 is 0. The van der Waals surface area contributed by atoms with E-state index in [0.29, 0.717) is 29.4 Å². The molecule has 2 N–H and O–H groups in total. The van der Waals surface area contributed by atoms with Crippen LogP contribution in [-0.2, 0) is 0 Å². The number of rotatable bonds is 0. The lowest BCUT2D eigenvalue weighted by Gasteiger charge is -2.59. The van der Waals surface area contributed by atoms with Gasteiger partial charge in [-0.1, -0.05) is 20.3 Å². The van der Waals surface area contributed by atoms with Crippen molar-refractivity contribution < 1.29 is 10.2 Å². The van der Waals surface area contributed by atoms with E-state index in [1.165, 1.54) is 44.9 Å². The molecule has 3 saturated carbocycles. The minimum Gasteiger partial charge on any atom is -0.509 e. The molecular weight excluding hydrogens is 260 g/mol. The third-order valence-corrected chi connectivity index (χ3v) is 8.20. The van der Waals surface area contributed by atoms with Gasteiger partial charge in [-0.15, -0.1) is 0 Å². The van der Waals surface area contributed by atoms with Gasteiger partial charge in [-0.25, -0.2) is 0 Å². The lowest BCUT2D eigenvalue weighted by molar-refractivity contribution is -0.0947. The van der Waals surface area contributed by atoms with E-state index in [1.807, 2.05) is 0 Å². The largest absolute Gasteiger partial charge is 0.509 e. The maximum absolute atomic E-state index is 10.7. The van der Waals surface area contributed by atoms with Crippen LogP contribution < -0.4 is 0 Å². The maximum atomic E-state index is 10.7. The van der Waals surface area contributed by atoms with Crippen LogP contribution in [0.4, 0.5) is 0 Å². The Morgan fingerprint density at radius 1 is 0.905 bits per heavy atom. The molecule has 0 aliphatic heterocycles. The molecule has 4 aliphatic carbocycles. The Bertz CT molecular complexity index is 482. The molecule has 118 valence electrons. The molecule has 0 radical (unpaired) electrons. The van der Waals surface area contributed by atoms with Crippen molar-refractivity contribution in [1.82, 2.24) is 0 Å². The van der Waals surface area contributed by atoms with Gasteiger partial charge in [0.15, 0.2) is 0 Å². The van der Waals surface area contributed by atoms with Crippen LogP contribution in [0.15, 0.2) is 11.5 Å². The van der Waals surface area contributed by atoms with E-state index in [-0.39, 0.29) is 11.2 Å². The number of aliphatic hydroxyl groups excluding tert-OH is 2. The van der Waals surface area contributed by atoms with Crippen LogP contribution >= 0.6 is 0 Å². The van der Waals surface area contributed by atoms with Gasteiger partial charge in [0.2, 0.25) is 0 Å². The molecule has 6 atom stereocenters. The van der Waals surface area contributed by atoms with Crippen LogP contribution in [0.25, 0.3) is 0 Å². The average molecular weight is 290 g/mol. The number of hydrogen-bond acceptors (Lipinski definition) is 2. The fourth-order valence-electron chi connectivity index (χ4n) is 6.98. The van der Waals surface area contributed by atoms with Gasteiger partial charge in [-0.2, -0.15) is 0 Å². The van der Waals surface area contributed by atoms with Crippen LogP contribution in [0.2, 0.25) is 0 Å². The first kappa shape index (κ1) is 14.0. The quantitative estimate of drug-likeness (QED) is 0.630. The Labute approximate surface area is 128 Å². The average Bonchev–Trinajstić information content (AvgIpc) is 2.86. The van der Waals surface area contributed by atoms with Crippen molar-refractivity contribution in [3.8, 4) is 0 Å². The summed E-state index contributed by atoms with van der Waals surface area (Å²) in [7, 11) is 0. The molecule has 3 fully saturated rings. The van der Waals surface area contributed by atoms with Gasteiger partial charge in [0.1, 0.15) is 11.5 Å². The number of allylic oxidation sites excluding steroid dienone is 2. The fraction of sp³-hybridized carbons (Fsp3) is 0.895. The summed E-state index contributed by atoms with van der Waals surface area (Å²) in [6.07, 6.45) is 11.2. The zero-order valence-electron chi connectivity index (χ0n) is 13.6. The third-order valence-electron chi connectivity index (χ3n) is 8.20. The summed E-state index contributed by atoms with van der Waals surface area (Å²) in [5.74, 6) is 3.46. The summed E-state index contributed by atoms with van der Waals surface area (Å²) in [6, 6.07) is 0. The smallest absolute Gasteiger partial charge is 0.136 e. The SMILES string of the molecule is C[C@@]12CCC[C@H]1[C@@H]1CC[C@@H]3CCC(O)=C(O)[C@]3(C)[C@H]1CC2. The molecule has 0 saturated heterocycles. The van der Waals surface area contributed by atoms with E-state index in [4.69, 9.17) is 0 Å². The third kappa shape index (κ3) is 1.71. The number of fused-ring (bicyclic) bond motifs is 5. The van der Waals surface area contributed by atoms with Crippen molar-refractivity contribution in [3.63, 3.8) is 0 Å². The van der Waals surface area contributed by atoms with Crippen LogP contribution in [0.5, 0.6) is 0 Å². The normalized spacial score (nSPS) is 53.0. The summed E-state index contributed by atoms with van der Waals surface area (Å²) in [6.45, 7) is 4.78. The Hall–Kier alpha value is -0.660. The predicted molar refractivity (Wildman–Crippen MR) is 84.0 cm³/mol. The molecule has 4 rings (SSSR count). The fourth-order valence-corrected chi connectivity index (χ4v) is 6.98. The first-order chi connectivity index (χ1) is 9.97. The van der Waals surface area contributed by atoms with E-state index in [9.17, 15) is 10.2 Å². The summed E-state index contributed by atoms with van der Waals surface area (Å²) in [5.41, 5.74) is 0.426. The van der Waals surface area contributed by atoms with E-state index >= 15 is 0 Å². The van der Waals surface area contributed by atoms with Gasteiger partial charge < -0.3 is 10.2 Å². The lowest BCUT2D eigenvalue weighted by Crippen LogP contribution is -2.52. The van der Waals surface area contributed by atoms with Gasteiger partial charge in [-0.3, -0.25) is 0 Å². The van der Waals surface area contributed by atoms with Gasteiger partial charge >= 0.3 is 0 Å². The highest BCUT2D eigenvalue weighted by Crippen LogP contribution is 2.66. The first-order valence-electron chi connectivity index (χ1n) is 9.08. The Morgan fingerprint density at radius 2 is 1.71 bits per heavy atom. The summed E-state index contributed by atoms with van der Waals surface area (Å²) in [5, 5.41) is 20.8. The molecule has 0 unspecified atom stereocenters. The second kappa shape index (κ2) is 4.43. The minimum absolute atomic E-state index is 0.144. The zero-order valence-corrected chi connectivity index (χ0v) is 13.6. The predicted octanol–water partition coefficient (Wildman–Crippen LogP) is 5.36. The summed E-state index contributed by atoms with van der Waals surface area (Å²) in [4.78, 5) is 0. The Kier molecular flexibility index (Phi) is 2.94. The molecule has 0 spiro atoms. The van der Waals surface area contributed by atoms with E-state index in [2.05, 4.69) is 13.8 Å². The molecule has 0 aromatic rings. The molecule has 4 aliphatic rings. The molecule has 2 heteroatoms. The number of aliphatic hydroxyl groups is 2. The molecule has 0 bridgehead atoms. The van der Waals surface area contributed by atoms with Gasteiger partial charge in [0.25, 0.3) is 0 Å². The van der Waals surface area contributed by atoms with Crippen molar-refractivity contribution in [1.29, 1.82) is 0 Å². The Balaban J connectivity index is 1.73. The second-order valence-electron chi connectivity index (χ2n) is 8.85. The highest BCUT2D eigenvalue weighted by atomic mass is 16.3. The zero-order chi connectivity index (χ0) is 14.8. The lowest BCUT2D eigenvalue weighted by atomic mass is 9.46. The van der Waals surface area contributed by atoms with Gasteiger partial charge in [-0.05, 0) is 74.0 Å². The van der Waals surface area contributed by atoms with Crippen LogP contribution in [0, 0.1) is 34.5 Å². The monoisotopic (exact) mass is 290 g/mol. The highest BCUT2D eigenvalue weighted by Gasteiger charge is 2.59. The van der Waals surface area contributed by atoms with Crippen molar-refractivity contribution >= 4 is 0 Å². The first-order valence-corrected chi connectivity index (χ1v) is 9.08. The van der Waals surface area contributed by atoms with Crippen molar-refractivity contribution in [2.45, 2.75) is 71.6 Å². The van der Waals surface area contributed by atoms with Crippen LogP contribution in [-0.4, -0.2) is 10.2 Å². The molecule has 21 heavy (non-hydrogen) atoms. The van der Waals surface area contributed by atoms with Crippen molar-refractivity contribution in [2.24, 2.45) is 34.5 Å². The molecular formula is C19H30O2. The standard InChI is InChI=1S/C19H30O2/c1-18-10-3-4-14(18)13-7-5-12-6-8-16(20)17(21)19(12,2)15(13)9-11-18/h12-15,20-21H,3-11H2,1-2H3/t12-,13+,14+,15+,18+,19+/m1/s1. The molecule has 0 aromatic heterocycles. The van der Waals surface area contributed by atoms with Crippen LogP contribution in [0.3, 0.4) is 0 Å². The van der Waals surface area contributed by atoms with Crippen LogP contribution in [0.1, 0.15) is 71.6 Å². The highest BCUT2D eigenvalue weighted by molar-refractivity contribution is 5.21. The summed E-state index contributed by atoms with van der Waals surface area (Å²) < 4.78 is 0.